The third kappa shape index (κ3) is 4.79. The third-order valence-corrected chi connectivity index (χ3v) is 3.99. The molecule has 1 heterocycles. The van der Waals surface area contributed by atoms with Gasteiger partial charge in [-0.15, -0.1) is 0 Å². The van der Waals surface area contributed by atoms with Gasteiger partial charge in [-0.3, -0.25) is 9.69 Å². The Balaban J connectivity index is 1.77. The molecule has 116 valence electrons. The summed E-state index contributed by atoms with van der Waals surface area (Å²) in [6.07, 6.45) is 2.29. The Kier molecular flexibility index (Phi) is 5.70. The van der Waals surface area contributed by atoms with E-state index in [4.69, 9.17) is 0 Å². The highest BCUT2D eigenvalue weighted by Gasteiger charge is 2.20. The van der Waals surface area contributed by atoms with Gasteiger partial charge < -0.3 is 10.6 Å². The van der Waals surface area contributed by atoms with Crippen LogP contribution < -0.4 is 10.6 Å². The van der Waals surface area contributed by atoms with E-state index < -0.39 is 0 Å². The summed E-state index contributed by atoms with van der Waals surface area (Å²) in [5.74, 6) is -0.190. The molecular weight excluding hydrogens is 269 g/mol. The lowest BCUT2D eigenvalue weighted by Crippen LogP contribution is -2.47. The number of carbonyl (C=O) groups excluding carboxylic acids is 1. The van der Waals surface area contributed by atoms with Gasteiger partial charge in [-0.2, -0.15) is 0 Å². The Morgan fingerprint density at radius 3 is 3.00 bits per heavy atom. The standard InChI is InChI=1S/C16H24FN3O/c1-12-8-13(5-6-15(12)17)9-19-16(21)11-20-7-3-4-14(10-20)18-2/h5-6,8,14,18H,3-4,7,9-11H2,1-2H3,(H,19,21). The van der Waals surface area contributed by atoms with E-state index in [0.29, 0.717) is 24.7 Å². The highest BCUT2D eigenvalue weighted by Crippen LogP contribution is 2.10. The Hall–Kier alpha value is -1.46. The molecule has 1 aliphatic heterocycles. The number of halogens is 1. The van der Waals surface area contributed by atoms with Crippen LogP contribution in [0.1, 0.15) is 24.0 Å². The zero-order valence-electron chi connectivity index (χ0n) is 12.8. The predicted molar refractivity (Wildman–Crippen MR) is 81.5 cm³/mol. The van der Waals surface area contributed by atoms with Gasteiger partial charge in [-0.25, -0.2) is 4.39 Å². The Labute approximate surface area is 125 Å². The van der Waals surface area contributed by atoms with E-state index in [9.17, 15) is 9.18 Å². The predicted octanol–water partition coefficient (Wildman–Crippen LogP) is 1.43. The normalized spacial score (nSPS) is 19.5. The molecule has 0 radical (unpaired) electrons. The Morgan fingerprint density at radius 2 is 2.29 bits per heavy atom. The molecule has 0 aliphatic carbocycles. The summed E-state index contributed by atoms with van der Waals surface area (Å²) in [5.41, 5.74) is 1.53. The molecule has 4 nitrogen and oxygen atoms in total. The van der Waals surface area contributed by atoms with Crippen molar-refractivity contribution in [3.8, 4) is 0 Å². The minimum atomic E-state index is -0.212. The van der Waals surface area contributed by atoms with Gasteiger partial charge in [0.15, 0.2) is 0 Å². The zero-order valence-corrected chi connectivity index (χ0v) is 12.8. The van der Waals surface area contributed by atoms with E-state index in [1.165, 1.54) is 12.5 Å². The van der Waals surface area contributed by atoms with Crippen molar-refractivity contribution in [3.05, 3.63) is 35.1 Å². The monoisotopic (exact) mass is 293 g/mol. The van der Waals surface area contributed by atoms with Crippen LogP contribution in [0.25, 0.3) is 0 Å². The van der Waals surface area contributed by atoms with Gasteiger partial charge >= 0.3 is 0 Å². The summed E-state index contributed by atoms with van der Waals surface area (Å²) in [5, 5.41) is 6.17. The molecule has 0 saturated carbocycles. The number of rotatable bonds is 5. The van der Waals surface area contributed by atoms with E-state index in [-0.39, 0.29) is 11.7 Å². The van der Waals surface area contributed by atoms with Crippen LogP contribution in [0.3, 0.4) is 0 Å². The van der Waals surface area contributed by atoms with Crippen molar-refractivity contribution in [1.82, 2.24) is 15.5 Å². The number of hydrogen-bond donors (Lipinski definition) is 2. The molecule has 1 aromatic rings. The summed E-state index contributed by atoms with van der Waals surface area (Å²) in [4.78, 5) is 14.2. The van der Waals surface area contributed by atoms with Gasteiger partial charge in [0.1, 0.15) is 5.82 Å². The number of benzene rings is 1. The summed E-state index contributed by atoms with van der Waals surface area (Å²) < 4.78 is 13.2. The molecule has 0 bridgehead atoms. The number of likely N-dealkylation sites (N-methyl/N-ethyl adjacent to an activating group) is 1. The van der Waals surface area contributed by atoms with Crippen molar-refractivity contribution in [2.75, 3.05) is 26.7 Å². The van der Waals surface area contributed by atoms with Crippen molar-refractivity contribution in [1.29, 1.82) is 0 Å². The van der Waals surface area contributed by atoms with E-state index in [1.807, 2.05) is 7.05 Å². The van der Waals surface area contributed by atoms with E-state index in [0.717, 1.165) is 25.1 Å². The average molecular weight is 293 g/mol. The molecule has 21 heavy (non-hydrogen) atoms. The second-order valence-corrected chi connectivity index (χ2v) is 5.72. The second kappa shape index (κ2) is 7.52. The number of carbonyl (C=O) groups is 1. The minimum absolute atomic E-state index is 0.0220. The summed E-state index contributed by atoms with van der Waals surface area (Å²) in [6.45, 7) is 4.49. The average Bonchev–Trinajstić information content (AvgIpc) is 2.48. The first-order valence-corrected chi connectivity index (χ1v) is 7.50. The molecule has 1 fully saturated rings. The topological polar surface area (TPSA) is 44.4 Å². The third-order valence-electron chi connectivity index (χ3n) is 3.99. The van der Waals surface area contributed by atoms with Crippen LogP contribution in [0.15, 0.2) is 18.2 Å². The fourth-order valence-corrected chi connectivity index (χ4v) is 2.71. The fraction of sp³-hybridized carbons (Fsp3) is 0.562. The van der Waals surface area contributed by atoms with Crippen LogP contribution in [-0.2, 0) is 11.3 Å². The molecule has 1 aliphatic rings. The van der Waals surface area contributed by atoms with E-state index >= 15 is 0 Å². The first-order valence-electron chi connectivity index (χ1n) is 7.50. The molecule has 0 aromatic heterocycles. The first kappa shape index (κ1) is 15.9. The number of hydrogen-bond acceptors (Lipinski definition) is 3. The quantitative estimate of drug-likeness (QED) is 0.863. The van der Waals surface area contributed by atoms with E-state index in [1.54, 1.807) is 19.1 Å². The van der Waals surface area contributed by atoms with E-state index in [2.05, 4.69) is 15.5 Å². The van der Waals surface area contributed by atoms with Crippen molar-refractivity contribution in [2.24, 2.45) is 0 Å². The lowest BCUT2D eigenvalue weighted by atomic mass is 10.1. The van der Waals surface area contributed by atoms with Crippen molar-refractivity contribution in [3.63, 3.8) is 0 Å². The van der Waals surface area contributed by atoms with Gasteiger partial charge in [-0.1, -0.05) is 12.1 Å². The fourth-order valence-electron chi connectivity index (χ4n) is 2.71. The molecule has 1 amide bonds. The van der Waals surface area contributed by atoms with Crippen LogP contribution in [0.5, 0.6) is 0 Å². The number of aryl methyl sites for hydroxylation is 1. The molecule has 1 saturated heterocycles. The molecule has 2 N–H and O–H groups in total. The molecule has 1 atom stereocenters. The van der Waals surface area contributed by atoms with Gasteiger partial charge in [0.25, 0.3) is 0 Å². The van der Waals surface area contributed by atoms with Gasteiger partial charge in [-0.05, 0) is 50.6 Å². The molecule has 0 spiro atoms. The Bertz CT molecular complexity index is 492. The SMILES string of the molecule is CNC1CCCN(CC(=O)NCc2ccc(F)c(C)c2)C1. The highest BCUT2D eigenvalue weighted by atomic mass is 19.1. The Morgan fingerprint density at radius 1 is 1.48 bits per heavy atom. The van der Waals surface area contributed by atoms with Gasteiger partial charge in [0, 0.05) is 19.1 Å². The van der Waals surface area contributed by atoms with Crippen LogP contribution in [-0.4, -0.2) is 43.5 Å². The van der Waals surface area contributed by atoms with Crippen LogP contribution in [0, 0.1) is 12.7 Å². The maximum absolute atomic E-state index is 13.2. The minimum Gasteiger partial charge on any atom is -0.351 e. The molecule has 2 rings (SSSR count). The lowest BCUT2D eigenvalue weighted by Gasteiger charge is -2.31. The highest BCUT2D eigenvalue weighted by molar-refractivity contribution is 5.78. The van der Waals surface area contributed by atoms with Crippen molar-refractivity contribution >= 4 is 5.91 Å². The van der Waals surface area contributed by atoms with Crippen molar-refractivity contribution in [2.45, 2.75) is 32.4 Å². The number of piperidine rings is 1. The van der Waals surface area contributed by atoms with Crippen molar-refractivity contribution < 1.29 is 9.18 Å². The smallest absolute Gasteiger partial charge is 0.234 e. The summed E-state index contributed by atoms with van der Waals surface area (Å²) >= 11 is 0. The molecule has 5 heteroatoms. The maximum atomic E-state index is 13.2. The summed E-state index contributed by atoms with van der Waals surface area (Å²) in [6, 6.07) is 5.40. The van der Waals surface area contributed by atoms with Crippen LogP contribution in [0.4, 0.5) is 4.39 Å². The van der Waals surface area contributed by atoms with Gasteiger partial charge in [0.05, 0.1) is 6.54 Å². The lowest BCUT2D eigenvalue weighted by molar-refractivity contribution is -0.122. The number of likely N-dealkylation sites (tertiary alicyclic amines) is 1. The first-order chi connectivity index (χ1) is 10.1. The largest absolute Gasteiger partial charge is 0.351 e. The zero-order chi connectivity index (χ0) is 15.2. The molecule has 1 unspecified atom stereocenters. The van der Waals surface area contributed by atoms with Gasteiger partial charge in [0.2, 0.25) is 5.91 Å². The number of nitrogens with zero attached hydrogens (tertiary/aromatic N) is 1. The van der Waals surface area contributed by atoms with Crippen LogP contribution >= 0.6 is 0 Å². The number of amides is 1. The summed E-state index contributed by atoms with van der Waals surface area (Å²) in [7, 11) is 1.96. The van der Waals surface area contributed by atoms with Crippen LogP contribution in [0.2, 0.25) is 0 Å². The second-order valence-electron chi connectivity index (χ2n) is 5.72. The number of nitrogens with one attached hydrogen (secondary N) is 2. The maximum Gasteiger partial charge on any atom is 0.234 e. The molecule has 1 aromatic carbocycles. The molecular formula is C16H24FN3O.